The van der Waals surface area contributed by atoms with E-state index in [9.17, 15) is 9.59 Å². The van der Waals surface area contributed by atoms with E-state index in [1.165, 1.54) is 12.8 Å². The fraction of sp³-hybridized carbons (Fsp3) is 0.765. The Bertz CT molecular complexity index is 550. The first-order chi connectivity index (χ1) is 11.5. The fourth-order valence-corrected chi connectivity index (χ4v) is 2.93. The highest BCUT2D eigenvalue weighted by Crippen LogP contribution is 2.18. The minimum Gasteiger partial charge on any atom is -0.423 e. The topological polar surface area (TPSA) is 88.3 Å². The second-order valence-corrected chi connectivity index (χ2v) is 6.61. The molecule has 0 atom stereocenters. The van der Waals surface area contributed by atoms with Gasteiger partial charge in [0.15, 0.2) is 0 Å². The molecule has 7 nitrogen and oxygen atoms in total. The molecule has 1 heterocycles. The summed E-state index contributed by atoms with van der Waals surface area (Å²) in [7, 11) is 0. The maximum atomic E-state index is 12.5. The Hall–Kier alpha value is -1.92. The van der Waals surface area contributed by atoms with Crippen LogP contribution in [0, 0.1) is 0 Å². The van der Waals surface area contributed by atoms with Crippen molar-refractivity contribution in [2.75, 3.05) is 0 Å². The Morgan fingerprint density at radius 1 is 1.21 bits per heavy atom. The van der Waals surface area contributed by atoms with Crippen molar-refractivity contribution in [2.45, 2.75) is 84.3 Å². The molecule has 2 rings (SSSR count). The van der Waals surface area contributed by atoms with Crippen molar-refractivity contribution in [3.63, 3.8) is 0 Å². The minimum atomic E-state index is -0.0668. The quantitative estimate of drug-likeness (QED) is 0.786. The standard InChI is InChI=1S/C17H28N4O3/c1-4-15-19-20-16(24-15)11-21(12(2)3)17(23)10-9-14(22)18-13-7-5-6-8-13/h12-13H,4-11H2,1-3H3,(H,18,22). The van der Waals surface area contributed by atoms with Crippen LogP contribution in [0.4, 0.5) is 0 Å². The number of carbonyl (C=O) groups excluding carboxylic acids is 2. The molecule has 0 aliphatic heterocycles. The molecule has 0 bridgehead atoms. The molecule has 1 N–H and O–H groups in total. The average molecular weight is 336 g/mol. The lowest BCUT2D eigenvalue weighted by Gasteiger charge is -2.25. The van der Waals surface area contributed by atoms with E-state index >= 15 is 0 Å². The predicted octanol–water partition coefficient (Wildman–Crippen LogP) is 2.21. The zero-order valence-electron chi connectivity index (χ0n) is 14.9. The van der Waals surface area contributed by atoms with Gasteiger partial charge in [-0.3, -0.25) is 9.59 Å². The number of nitrogens with zero attached hydrogens (tertiary/aromatic N) is 3. The zero-order chi connectivity index (χ0) is 17.5. The predicted molar refractivity (Wildman–Crippen MR) is 89.0 cm³/mol. The van der Waals surface area contributed by atoms with E-state index in [0.29, 0.717) is 24.2 Å². The van der Waals surface area contributed by atoms with Crippen LogP contribution in [0.2, 0.25) is 0 Å². The summed E-state index contributed by atoms with van der Waals surface area (Å²) >= 11 is 0. The van der Waals surface area contributed by atoms with E-state index in [-0.39, 0.29) is 37.2 Å². The highest BCUT2D eigenvalue weighted by molar-refractivity contribution is 5.84. The van der Waals surface area contributed by atoms with Gasteiger partial charge in [-0.05, 0) is 26.7 Å². The number of rotatable bonds is 8. The third-order valence-electron chi connectivity index (χ3n) is 4.35. The van der Waals surface area contributed by atoms with Gasteiger partial charge in [-0.2, -0.15) is 0 Å². The molecule has 134 valence electrons. The number of carbonyl (C=O) groups is 2. The Morgan fingerprint density at radius 2 is 1.88 bits per heavy atom. The second kappa shape index (κ2) is 8.80. The van der Waals surface area contributed by atoms with E-state index in [1.54, 1.807) is 4.90 Å². The van der Waals surface area contributed by atoms with Crippen LogP contribution in [-0.4, -0.2) is 39.0 Å². The number of nitrogens with one attached hydrogen (secondary N) is 1. The van der Waals surface area contributed by atoms with Crippen molar-refractivity contribution < 1.29 is 14.0 Å². The second-order valence-electron chi connectivity index (χ2n) is 6.61. The first-order valence-corrected chi connectivity index (χ1v) is 8.89. The molecule has 1 aromatic heterocycles. The van der Waals surface area contributed by atoms with Crippen molar-refractivity contribution >= 4 is 11.8 Å². The highest BCUT2D eigenvalue weighted by Gasteiger charge is 2.22. The number of amides is 2. The first-order valence-electron chi connectivity index (χ1n) is 8.89. The van der Waals surface area contributed by atoms with E-state index in [4.69, 9.17) is 4.42 Å². The SMILES string of the molecule is CCc1nnc(CN(C(=O)CCC(=O)NC2CCCC2)C(C)C)o1. The Labute approximate surface area is 143 Å². The number of hydrogen-bond acceptors (Lipinski definition) is 5. The molecule has 7 heteroatoms. The van der Waals surface area contributed by atoms with Crippen molar-refractivity contribution in [3.8, 4) is 0 Å². The summed E-state index contributed by atoms with van der Waals surface area (Å²) < 4.78 is 5.48. The van der Waals surface area contributed by atoms with Gasteiger partial charge in [0, 0.05) is 31.3 Å². The molecule has 0 spiro atoms. The molecule has 0 saturated heterocycles. The summed E-state index contributed by atoms with van der Waals surface area (Å²) in [5.74, 6) is 0.897. The summed E-state index contributed by atoms with van der Waals surface area (Å²) in [5, 5.41) is 10.9. The van der Waals surface area contributed by atoms with Gasteiger partial charge in [-0.15, -0.1) is 10.2 Å². The van der Waals surface area contributed by atoms with Crippen LogP contribution >= 0.6 is 0 Å². The van der Waals surface area contributed by atoms with Crippen molar-refractivity contribution in [3.05, 3.63) is 11.8 Å². The Morgan fingerprint density at radius 3 is 2.46 bits per heavy atom. The van der Waals surface area contributed by atoms with Gasteiger partial charge in [-0.25, -0.2) is 0 Å². The van der Waals surface area contributed by atoms with Crippen LogP contribution in [0.1, 0.15) is 71.1 Å². The summed E-state index contributed by atoms with van der Waals surface area (Å²) in [5.41, 5.74) is 0. The van der Waals surface area contributed by atoms with Gasteiger partial charge in [-0.1, -0.05) is 19.8 Å². The molecule has 1 aromatic rings. The minimum absolute atomic E-state index is 0.00682. The molecule has 0 aromatic carbocycles. The zero-order valence-corrected chi connectivity index (χ0v) is 14.9. The van der Waals surface area contributed by atoms with Crippen LogP contribution in [-0.2, 0) is 22.6 Å². The third kappa shape index (κ3) is 5.32. The van der Waals surface area contributed by atoms with Crippen molar-refractivity contribution in [1.29, 1.82) is 0 Å². The lowest BCUT2D eigenvalue weighted by atomic mass is 10.2. The Kier molecular flexibility index (Phi) is 6.75. The number of aryl methyl sites for hydroxylation is 1. The molecule has 1 aliphatic rings. The monoisotopic (exact) mass is 336 g/mol. The molecular formula is C17H28N4O3. The molecule has 0 unspecified atom stereocenters. The normalized spacial score (nSPS) is 15.0. The van der Waals surface area contributed by atoms with Crippen LogP contribution in [0.15, 0.2) is 4.42 Å². The van der Waals surface area contributed by atoms with Crippen LogP contribution in [0.5, 0.6) is 0 Å². The summed E-state index contributed by atoms with van der Waals surface area (Å²) in [6.07, 6.45) is 5.55. The number of aromatic nitrogens is 2. The smallest absolute Gasteiger partial charge is 0.235 e. The summed E-state index contributed by atoms with van der Waals surface area (Å²) in [4.78, 5) is 26.1. The van der Waals surface area contributed by atoms with Crippen LogP contribution in [0.3, 0.4) is 0 Å². The number of hydrogen-bond donors (Lipinski definition) is 1. The van der Waals surface area contributed by atoms with E-state index < -0.39 is 0 Å². The van der Waals surface area contributed by atoms with Crippen LogP contribution in [0.25, 0.3) is 0 Å². The molecule has 2 amide bonds. The third-order valence-corrected chi connectivity index (χ3v) is 4.35. The van der Waals surface area contributed by atoms with Crippen LogP contribution < -0.4 is 5.32 Å². The van der Waals surface area contributed by atoms with Gasteiger partial charge in [0.05, 0.1) is 6.54 Å². The molecular weight excluding hydrogens is 308 g/mol. The summed E-state index contributed by atoms with van der Waals surface area (Å²) in [6.45, 7) is 6.10. The van der Waals surface area contributed by atoms with Gasteiger partial charge in [0.2, 0.25) is 23.6 Å². The molecule has 1 saturated carbocycles. The molecule has 1 aliphatic carbocycles. The van der Waals surface area contributed by atoms with Gasteiger partial charge in [0.1, 0.15) is 0 Å². The maximum Gasteiger partial charge on any atom is 0.235 e. The van der Waals surface area contributed by atoms with Crippen molar-refractivity contribution in [2.24, 2.45) is 0 Å². The van der Waals surface area contributed by atoms with E-state index in [0.717, 1.165) is 12.8 Å². The lowest BCUT2D eigenvalue weighted by Crippen LogP contribution is -2.38. The average Bonchev–Trinajstić information content (AvgIpc) is 3.21. The fourth-order valence-electron chi connectivity index (χ4n) is 2.93. The molecule has 0 radical (unpaired) electrons. The lowest BCUT2D eigenvalue weighted by molar-refractivity contribution is -0.136. The van der Waals surface area contributed by atoms with E-state index in [2.05, 4.69) is 15.5 Å². The van der Waals surface area contributed by atoms with Gasteiger partial charge in [0.25, 0.3) is 0 Å². The molecule has 1 fully saturated rings. The maximum absolute atomic E-state index is 12.5. The highest BCUT2D eigenvalue weighted by atomic mass is 16.4. The summed E-state index contributed by atoms with van der Waals surface area (Å²) in [6, 6.07) is 0.298. The largest absolute Gasteiger partial charge is 0.423 e. The van der Waals surface area contributed by atoms with Gasteiger partial charge < -0.3 is 14.6 Å². The first kappa shape index (κ1) is 18.4. The Balaban J connectivity index is 1.83. The van der Waals surface area contributed by atoms with Gasteiger partial charge >= 0.3 is 0 Å². The van der Waals surface area contributed by atoms with Crippen molar-refractivity contribution in [1.82, 2.24) is 20.4 Å². The van der Waals surface area contributed by atoms with E-state index in [1.807, 2.05) is 20.8 Å². The molecule has 24 heavy (non-hydrogen) atoms.